The molecule has 0 aliphatic heterocycles. The maximum absolute atomic E-state index is 5.86. The minimum Gasteiger partial charge on any atom is -0.380 e. The molecule has 3 nitrogen and oxygen atoms in total. The van der Waals surface area contributed by atoms with Crippen LogP contribution in [-0.2, 0) is 6.42 Å². The van der Waals surface area contributed by atoms with Gasteiger partial charge in [0.1, 0.15) is 5.76 Å². The van der Waals surface area contributed by atoms with Crippen LogP contribution in [-0.4, -0.2) is 5.16 Å². The van der Waals surface area contributed by atoms with Crippen LogP contribution in [0.25, 0.3) is 11.1 Å². The van der Waals surface area contributed by atoms with Crippen molar-refractivity contribution < 1.29 is 4.52 Å². The van der Waals surface area contributed by atoms with E-state index in [0.29, 0.717) is 5.82 Å². The molecule has 2 aromatic rings. The highest BCUT2D eigenvalue weighted by Crippen LogP contribution is 2.37. The molecule has 0 amide bonds. The summed E-state index contributed by atoms with van der Waals surface area (Å²) in [6.45, 7) is 0. The summed E-state index contributed by atoms with van der Waals surface area (Å²) in [5.41, 5.74) is 7.94. The molecule has 82 valence electrons. The predicted octanol–water partition coefficient (Wildman–Crippen LogP) is 2.88. The molecule has 16 heavy (non-hydrogen) atoms. The van der Waals surface area contributed by atoms with Crippen LogP contribution in [0.1, 0.15) is 18.6 Å². The molecule has 0 radical (unpaired) electrons. The third-order valence-corrected chi connectivity index (χ3v) is 3.02. The zero-order chi connectivity index (χ0) is 11.0. The Labute approximate surface area is 94.2 Å². The van der Waals surface area contributed by atoms with Gasteiger partial charge in [0.25, 0.3) is 0 Å². The fourth-order valence-electron chi connectivity index (χ4n) is 1.98. The third-order valence-electron chi connectivity index (χ3n) is 3.02. The average molecular weight is 214 g/mol. The number of anilines is 1. The molecule has 0 bridgehead atoms. The minimum absolute atomic E-state index is 0.502. The van der Waals surface area contributed by atoms with Crippen molar-refractivity contribution in [1.82, 2.24) is 5.16 Å². The molecule has 0 unspecified atom stereocenters. The summed E-state index contributed by atoms with van der Waals surface area (Å²) in [5, 5.41) is 3.88. The molecule has 2 N–H and O–H groups in total. The maximum atomic E-state index is 5.86. The van der Waals surface area contributed by atoms with Crippen LogP contribution in [0, 0.1) is 5.92 Å². The molecule has 1 aliphatic carbocycles. The smallest absolute Gasteiger partial charge is 0.175 e. The van der Waals surface area contributed by atoms with E-state index in [-0.39, 0.29) is 0 Å². The zero-order valence-electron chi connectivity index (χ0n) is 9.02. The monoisotopic (exact) mass is 214 g/mol. The Balaban J connectivity index is 2.01. The van der Waals surface area contributed by atoms with Gasteiger partial charge in [-0.1, -0.05) is 35.5 Å². The first-order chi connectivity index (χ1) is 7.84. The summed E-state index contributed by atoms with van der Waals surface area (Å²) >= 11 is 0. The third kappa shape index (κ3) is 1.69. The lowest BCUT2D eigenvalue weighted by Crippen LogP contribution is -1.91. The SMILES string of the molecule is Nc1noc(CC2CC2)c1-c1ccccc1. The molecule has 1 aliphatic rings. The zero-order valence-corrected chi connectivity index (χ0v) is 9.02. The van der Waals surface area contributed by atoms with Crippen molar-refractivity contribution in [3.63, 3.8) is 0 Å². The molecular weight excluding hydrogens is 200 g/mol. The molecule has 1 aromatic carbocycles. The van der Waals surface area contributed by atoms with Gasteiger partial charge in [-0.25, -0.2) is 0 Å². The highest BCUT2D eigenvalue weighted by atomic mass is 16.5. The van der Waals surface area contributed by atoms with Crippen molar-refractivity contribution in [2.45, 2.75) is 19.3 Å². The Kier molecular flexibility index (Phi) is 2.17. The number of aromatic nitrogens is 1. The summed E-state index contributed by atoms with van der Waals surface area (Å²) in [6, 6.07) is 10.1. The Morgan fingerprint density at radius 1 is 1.25 bits per heavy atom. The lowest BCUT2D eigenvalue weighted by atomic mass is 10.0. The molecular formula is C13H14N2O. The number of nitrogens with two attached hydrogens (primary N) is 1. The molecule has 3 heteroatoms. The second kappa shape index (κ2) is 3.67. The Morgan fingerprint density at radius 3 is 2.69 bits per heavy atom. The van der Waals surface area contributed by atoms with Crippen LogP contribution in [0.15, 0.2) is 34.9 Å². The van der Waals surface area contributed by atoms with Crippen molar-refractivity contribution in [2.24, 2.45) is 5.92 Å². The maximum Gasteiger partial charge on any atom is 0.175 e. The Hall–Kier alpha value is -1.77. The van der Waals surface area contributed by atoms with Crippen LogP contribution in [0.3, 0.4) is 0 Å². The van der Waals surface area contributed by atoms with E-state index in [2.05, 4.69) is 5.16 Å². The van der Waals surface area contributed by atoms with Crippen molar-refractivity contribution in [2.75, 3.05) is 5.73 Å². The molecule has 1 fully saturated rings. The fourth-order valence-corrected chi connectivity index (χ4v) is 1.98. The van der Waals surface area contributed by atoms with E-state index in [1.807, 2.05) is 30.3 Å². The van der Waals surface area contributed by atoms with Gasteiger partial charge in [-0.15, -0.1) is 0 Å². The summed E-state index contributed by atoms with van der Waals surface area (Å²) in [5.74, 6) is 2.21. The van der Waals surface area contributed by atoms with Gasteiger partial charge < -0.3 is 10.3 Å². The van der Waals surface area contributed by atoms with Gasteiger partial charge in [-0.2, -0.15) is 0 Å². The van der Waals surface area contributed by atoms with Crippen LogP contribution < -0.4 is 5.73 Å². The molecule has 3 rings (SSSR count). The number of nitrogens with zero attached hydrogens (tertiary/aromatic N) is 1. The highest BCUT2D eigenvalue weighted by Gasteiger charge is 2.26. The molecule has 0 atom stereocenters. The normalized spacial score (nSPS) is 15.2. The first-order valence-electron chi connectivity index (χ1n) is 5.64. The summed E-state index contributed by atoms with van der Waals surface area (Å²) in [6.07, 6.45) is 3.57. The average Bonchev–Trinajstić information content (AvgIpc) is 3.04. The van der Waals surface area contributed by atoms with Gasteiger partial charge in [0, 0.05) is 6.42 Å². The van der Waals surface area contributed by atoms with Crippen LogP contribution in [0.4, 0.5) is 5.82 Å². The number of rotatable bonds is 3. The summed E-state index contributed by atoms with van der Waals surface area (Å²) in [4.78, 5) is 0. The van der Waals surface area contributed by atoms with E-state index in [1.54, 1.807) is 0 Å². The van der Waals surface area contributed by atoms with Crippen molar-refractivity contribution >= 4 is 5.82 Å². The second-order valence-electron chi connectivity index (χ2n) is 4.38. The van der Waals surface area contributed by atoms with E-state index in [0.717, 1.165) is 29.2 Å². The highest BCUT2D eigenvalue weighted by molar-refractivity contribution is 5.75. The Bertz CT molecular complexity index is 486. The lowest BCUT2D eigenvalue weighted by molar-refractivity contribution is 0.381. The van der Waals surface area contributed by atoms with Gasteiger partial charge in [0.15, 0.2) is 5.82 Å². The second-order valence-corrected chi connectivity index (χ2v) is 4.38. The first-order valence-corrected chi connectivity index (χ1v) is 5.64. The minimum atomic E-state index is 0.502. The number of nitrogen functional groups attached to an aromatic ring is 1. The van der Waals surface area contributed by atoms with E-state index in [1.165, 1.54) is 12.8 Å². The molecule has 1 heterocycles. The van der Waals surface area contributed by atoms with Gasteiger partial charge in [-0.05, 0) is 24.3 Å². The van der Waals surface area contributed by atoms with E-state index in [4.69, 9.17) is 10.3 Å². The predicted molar refractivity (Wildman–Crippen MR) is 62.8 cm³/mol. The van der Waals surface area contributed by atoms with Crippen molar-refractivity contribution in [3.05, 3.63) is 36.1 Å². The largest absolute Gasteiger partial charge is 0.380 e. The standard InChI is InChI=1S/C13H14N2O/c14-13-12(10-4-2-1-3-5-10)11(16-15-13)8-9-6-7-9/h1-5,9H,6-8H2,(H2,14,15). The van der Waals surface area contributed by atoms with Crippen LogP contribution >= 0.6 is 0 Å². The lowest BCUT2D eigenvalue weighted by Gasteiger charge is -2.01. The van der Waals surface area contributed by atoms with Gasteiger partial charge in [-0.3, -0.25) is 0 Å². The summed E-state index contributed by atoms with van der Waals surface area (Å²) < 4.78 is 5.33. The molecule has 0 saturated heterocycles. The summed E-state index contributed by atoms with van der Waals surface area (Å²) in [7, 11) is 0. The quantitative estimate of drug-likeness (QED) is 0.854. The van der Waals surface area contributed by atoms with Crippen molar-refractivity contribution in [1.29, 1.82) is 0 Å². The van der Waals surface area contributed by atoms with Gasteiger partial charge in [0.05, 0.1) is 5.56 Å². The van der Waals surface area contributed by atoms with Gasteiger partial charge >= 0.3 is 0 Å². The van der Waals surface area contributed by atoms with E-state index in [9.17, 15) is 0 Å². The molecule has 1 aromatic heterocycles. The number of benzene rings is 1. The topological polar surface area (TPSA) is 52.0 Å². The van der Waals surface area contributed by atoms with Crippen molar-refractivity contribution in [3.8, 4) is 11.1 Å². The van der Waals surface area contributed by atoms with Crippen LogP contribution in [0.5, 0.6) is 0 Å². The molecule has 1 saturated carbocycles. The number of hydrogen-bond acceptors (Lipinski definition) is 3. The molecule has 0 spiro atoms. The fraction of sp³-hybridized carbons (Fsp3) is 0.308. The Morgan fingerprint density at radius 2 is 2.00 bits per heavy atom. The van der Waals surface area contributed by atoms with Gasteiger partial charge in [0.2, 0.25) is 0 Å². The first kappa shape index (κ1) is 9.46. The number of hydrogen-bond donors (Lipinski definition) is 1. The van der Waals surface area contributed by atoms with E-state index >= 15 is 0 Å². The van der Waals surface area contributed by atoms with E-state index < -0.39 is 0 Å². The van der Waals surface area contributed by atoms with Crippen LogP contribution in [0.2, 0.25) is 0 Å².